The van der Waals surface area contributed by atoms with Gasteiger partial charge in [0.1, 0.15) is 15.1 Å². The lowest BCUT2D eigenvalue weighted by Gasteiger charge is -2.15. The van der Waals surface area contributed by atoms with Crippen molar-refractivity contribution in [1.82, 2.24) is 9.97 Å². The zero-order valence-electron chi connectivity index (χ0n) is 11.6. The highest BCUT2D eigenvalue weighted by molar-refractivity contribution is 7.91. The minimum absolute atomic E-state index is 0.0356. The molecule has 2 rings (SSSR count). The summed E-state index contributed by atoms with van der Waals surface area (Å²) in [5.74, 6) is -0.348. The van der Waals surface area contributed by atoms with Gasteiger partial charge in [-0.3, -0.25) is 0 Å². The Morgan fingerprint density at radius 1 is 1.14 bits per heavy atom. The number of nitrogens with two attached hydrogens (primary N) is 1. The second kappa shape index (κ2) is 6.07. The van der Waals surface area contributed by atoms with Crippen LogP contribution in [0.1, 0.15) is 17.4 Å². The Morgan fingerprint density at radius 3 is 2.18 bits per heavy atom. The molecule has 0 amide bonds. The number of sulfone groups is 1. The van der Waals surface area contributed by atoms with Crippen LogP contribution < -0.4 is 5.14 Å². The van der Waals surface area contributed by atoms with Crippen molar-refractivity contribution in [2.75, 3.05) is 12.0 Å². The first-order valence-corrected chi connectivity index (χ1v) is 10.2. The lowest BCUT2D eigenvalue weighted by molar-refractivity contribution is 0.575. The van der Waals surface area contributed by atoms with Crippen molar-refractivity contribution in [3.63, 3.8) is 0 Å². The molecule has 22 heavy (non-hydrogen) atoms. The summed E-state index contributed by atoms with van der Waals surface area (Å²) < 4.78 is 46.2. The zero-order valence-corrected chi connectivity index (χ0v) is 14.0. The molecule has 1 unspecified atom stereocenters. The molecular weight excluding hydrogens is 350 g/mol. The Balaban J connectivity index is 2.54. The number of hydrogen-bond donors (Lipinski definition) is 1. The average Bonchev–Trinajstić information content (AvgIpc) is 2.36. The Bertz CT molecular complexity index is 913. The lowest BCUT2D eigenvalue weighted by atomic mass is 10.2. The Kier molecular flexibility index (Phi) is 4.71. The third kappa shape index (κ3) is 4.13. The molecule has 120 valence electrons. The number of benzene rings is 1. The van der Waals surface area contributed by atoms with Crippen molar-refractivity contribution in [3.05, 3.63) is 35.1 Å². The molecule has 1 aromatic carbocycles. The van der Waals surface area contributed by atoms with Crippen LogP contribution in [0.5, 0.6) is 0 Å². The Morgan fingerprint density at radius 2 is 1.68 bits per heavy atom. The third-order valence-electron chi connectivity index (χ3n) is 3.00. The second-order valence-electron chi connectivity index (χ2n) is 4.88. The fourth-order valence-corrected chi connectivity index (χ4v) is 4.04. The van der Waals surface area contributed by atoms with Gasteiger partial charge in [0.2, 0.25) is 10.0 Å². The van der Waals surface area contributed by atoms with E-state index in [-0.39, 0.29) is 23.0 Å². The van der Waals surface area contributed by atoms with Gasteiger partial charge >= 0.3 is 0 Å². The summed E-state index contributed by atoms with van der Waals surface area (Å²) in [5, 5.41) is 3.77. The van der Waals surface area contributed by atoms with Gasteiger partial charge in [0, 0.05) is 6.26 Å². The van der Waals surface area contributed by atoms with Crippen LogP contribution in [0.4, 0.5) is 0 Å². The quantitative estimate of drug-likeness (QED) is 0.847. The van der Waals surface area contributed by atoms with Crippen LogP contribution in [0.2, 0.25) is 5.15 Å². The highest BCUT2D eigenvalue weighted by atomic mass is 35.5. The number of hydrogen-bond acceptors (Lipinski definition) is 6. The van der Waals surface area contributed by atoms with E-state index >= 15 is 0 Å². The summed E-state index contributed by atoms with van der Waals surface area (Å²) in [6, 6.07) is 6.80. The molecule has 2 aromatic rings. The lowest BCUT2D eigenvalue weighted by Crippen LogP contribution is -2.25. The summed E-state index contributed by atoms with van der Waals surface area (Å²) in [5.41, 5.74) is 0.925. The maximum atomic E-state index is 11.8. The number of nitrogens with zero attached hydrogens (tertiary/aromatic N) is 2. The topological polar surface area (TPSA) is 120 Å². The van der Waals surface area contributed by atoms with E-state index in [1.54, 1.807) is 24.3 Å². The number of sulfonamides is 1. The van der Waals surface area contributed by atoms with Gasteiger partial charge in [-0.15, -0.1) is 0 Å². The standard InChI is InChI=1S/C12H14ClN3O4S2/c1-21(17,18)7-6-10(22(14,19)20)11-12(13)16-9-5-3-2-4-8(9)15-11/h2-5,10H,6-7H2,1H3,(H2,14,19,20). The highest BCUT2D eigenvalue weighted by Crippen LogP contribution is 2.29. The molecule has 1 heterocycles. The van der Waals surface area contributed by atoms with Gasteiger partial charge in [-0.1, -0.05) is 23.7 Å². The number of halogens is 1. The Labute approximate surface area is 133 Å². The summed E-state index contributed by atoms with van der Waals surface area (Å²) >= 11 is 6.01. The molecule has 1 atom stereocenters. The van der Waals surface area contributed by atoms with Crippen molar-refractivity contribution in [2.45, 2.75) is 11.7 Å². The molecule has 0 aliphatic carbocycles. The van der Waals surface area contributed by atoms with E-state index in [9.17, 15) is 16.8 Å². The van der Waals surface area contributed by atoms with Gasteiger partial charge in [-0.05, 0) is 18.6 Å². The van der Waals surface area contributed by atoms with E-state index < -0.39 is 25.1 Å². The fourth-order valence-electron chi connectivity index (χ4n) is 1.97. The first-order chi connectivity index (χ1) is 10.1. The zero-order chi connectivity index (χ0) is 16.5. The molecule has 0 saturated heterocycles. The molecule has 7 nitrogen and oxygen atoms in total. The van der Waals surface area contributed by atoms with Gasteiger partial charge in [-0.2, -0.15) is 0 Å². The molecule has 0 saturated carbocycles. The summed E-state index contributed by atoms with van der Waals surface area (Å²) in [6.07, 6.45) is 0.783. The van der Waals surface area contributed by atoms with Crippen LogP contribution in [-0.2, 0) is 19.9 Å². The van der Waals surface area contributed by atoms with Crippen molar-refractivity contribution in [2.24, 2.45) is 5.14 Å². The molecule has 0 aliphatic heterocycles. The predicted molar refractivity (Wildman–Crippen MR) is 84.7 cm³/mol. The fraction of sp³-hybridized carbons (Fsp3) is 0.333. The molecule has 1 aromatic heterocycles. The van der Waals surface area contributed by atoms with Gasteiger partial charge in [-0.25, -0.2) is 31.9 Å². The minimum atomic E-state index is -4.08. The van der Waals surface area contributed by atoms with Crippen LogP contribution in [-0.4, -0.2) is 38.8 Å². The third-order valence-corrected chi connectivity index (χ3v) is 5.51. The molecule has 0 radical (unpaired) electrons. The van der Waals surface area contributed by atoms with Crippen molar-refractivity contribution < 1.29 is 16.8 Å². The van der Waals surface area contributed by atoms with E-state index in [0.29, 0.717) is 11.0 Å². The van der Waals surface area contributed by atoms with Crippen LogP contribution in [0.15, 0.2) is 24.3 Å². The number of primary sulfonamides is 1. The predicted octanol–water partition coefficient (Wildman–Crippen LogP) is 1.05. The van der Waals surface area contributed by atoms with Crippen LogP contribution in [0, 0.1) is 0 Å². The van der Waals surface area contributed by atoms with Gasteiger partial charge < -0.3 is 0 Å². The second-order valence-corrected chi connectivity index (χ2v) is 9.25. The monoisotopic (exact) mass is 363 g/mol. The molecule has 0 spiro atoms. The normalized spacial score (nSPS) is 14.1. The molecule has 2 N–H and O–H groups in total. The smallest absolute Gasteiger partial charge is 0.217 e. The number of para-hydroxylation sites is 2. The first kappa shape index (κ1) is 17.1. The van der Waals surface area contributed by atoms with E-state index in [1.165, 1.54) is 0 Å². The summed E-state index contributed by atoms with van der Waals surface area (Å²) in [6.45, 7) is 0. The average molecular weight is 364 g/mol. The van der Waals surface area contributed by atoms with Gasteiger partial charge in [0.05, 0.1) is 22.5 Å². The maximum absolute atomic E-state index is 11.8. The van der Waals surface area contributed by atoms with Crippen molar-refractivity contribution in [3.8, 4) is 0 Å². The van der Waals surface area contributed by atoms with E-state index in [0.717, 1.165) is 6.26 Å². The highest BCUT2D eigenvalue weighted by Gasteiger charge is 2.29. The van der Waals surface area contributed by atoms with Crippen molar-refractivity contribution in [1.29, 1.82) is 0 Å². The van der Waals surface area contributed by atoms with E-state index in [2.05, 4.69) is 9.97 Å². The SMILES string of the molecule is CS(=O)(=O)CCC(c1nc2ccccc2nc1Cl)S(N)(=O)=O. The molecular formula is C12H14ClN3O4S2. The van der Waals surface area contributed by atoms with Crippen LogP contribution in [0.3, 0.4) is 0 Å². The van der Waals surface area contributed by atoms with E-state index in [1.807, 2.05) is 0 Å². The van der Waals surface area contributed by atoms with E-state index in [4.69, 9.17) is 16.7 Å². The first-order valence-electron chi connectivity index (χ1n) is 6.19. The summed E-state index contributed by atoms with van der Waals surface area (Å²) in [4.78, 5) is 8.28. The molecule has 10 heteroatoms. The molecule has 0 bridgehead atoms. The molecule has 0 aliphatic rings. The van der Waals surface area contributed by atoms with Gasteiger partial charge in [0.15, 0.2) is 5.15 Å². The number of fused-ring (bicyclic) bond motifs is 1. The van der Waals surface area contributed by atoms with Crippen LogP contribution in [0.25, 0.3) is 11.0 Å². The van der Waals surface area contributed by atoms with Crippen LogP contribution >= 0.6 is 11.6 Å². The number of rotatable bonds is 5. The largest absolute Gasteiger partial charge is 0.247 e. The maximum Gasteiger partial charge on any atom is 0.217 e. The number of aromatic nitrogens is 2. The van der Waals surface area contributed by atoms with Gasteiger partial charge in [0.25, 0.3) is 0 Å². The summed E-state index contributed by atoms with van der Waals surface area (Å²) in [7, 11) is -7.44. The van der Waals surface area contributed by atoms with Crippen molar-refractivity contribution >= 4 is 42.5 Å². The minimum Gasteiger partial charge on any atom is -0.247 e. The Hall–Kier alpha value is -1.29. The molecule has 0 fully saturated rings.